The quantitative estimate of drug-likeness (QED) is 0.394. The smallest absolute Gasteiger partial charge is 0.171 e. The minimum Gasteiger partial charge on any atom is -0.409 e. The molecule has 0 saturated heterocycles. The third kappa shape index (κ3) is 3.47. The number of nitrogens with zero attached hydrogens (tertiary/aromatic N) is 2. The molecule has 0 heterocycles. The van der Waals surface area contributed by atoms with Gasteiger partial charge in [-0.15, -0.1) is 0 Å². The number of amidine groups is 1. The summed E-state index contributed by atoms with van der Waals surface area (Å²) in [5.74, 6) is 0.00751. The summed E-state index contributed by atoms with van der Waals surface area (Å²) < 4.78 is 0. The van der Waals surface area contributed by atoms with E-state index >= 15 is 0 Å². The highest BCUT2D eigenvalue weighted by atomic mass is 35.5. The van der Waals surface area contributed by atoms with Crippen LogP contribution in [0.4, 0.5) is 5.69 Å². The van der Waals surface area contributed by atoms with Gasteiger partial charge in [0.05, 0.1) is 5.02 Å². The van der Waals surface area contributed by atoms with Gasteiger partial charge in [0.2, 0.25) is 0 Å². The van der Waals surface area contributed by atoms with Gasteiger partial charge in [-0.05, 0) is 36.2 Å². The fourth-order valence-corrected chi connectivity index (χ4v) is 2.41. The van der Waals surface area contributed by atoms with E-state index in [0.29, 0.717) is 10.6 Å². The molecule has 2 rings (SSSR count). The molecule has 0 atom stereocenters. The van der Waals surface area contributed by atoms with Crippen LogP contribution < -0.4 is 10.6 Å². The average molecular weight is 304 g/mol. The summed E-state index contributed by atoms with van der Waals surface area (Å²) in [6.45, 7) is 2.88. The standard InChI is InChI=1S/C16H18ClN3O/c1-11-5-3-4-6-12(11)10-20(2)13-7-8-14(15(17)9-13)16(18)19-21/h3-9,21H,10H2,1-2H3,(H2,18,19). The highest BCUT2D eigenvalue weighted by Crippen LogP contribution is 2.24. The third-order valence-corrected chi connectivity index (χ3v) is 3.76. The van der Waals surface area contributed by atoms with Gasteiger partial charge in [-0.1, -0.05) is 41.0 Å². The number of aryl methyl sites for hydroxylation is 1. The molecule has 0 aromatic heterocycles. The Morgan fingerprint density at radius 1 is 1.29 bits per heavy atom. The molecule has 2 aromatic carbocycles. The van der Waals surface area contributed by atoms with Gasteiger partial charge in [0.15, 0.2) is 5.84 Å². The van der Waals surface area contributed by atoms with Crippen molar-refractivity contribution < 1.29 is 5.21 Å². The minimum atomic E-state index is 0.00751. The van der Waals surface area contributed by atoms with Crippen LogP contribution in [-0.4, -0.2) is 18.1 Å². The Morgan fingerprint density at radius 2 is 2.00 bits per heavy atom. The van der Waals surface area contributed by atoms with Crippen molar-refractivity contribution >= 4 is 23.1 Å². The Morgan fingerprint density at radius 3 is 2.62 bits per heavy atom. The number of halogens is 1. The summed E-state index contributed by atoms with van der Waals surface area (Å²) in [6, 6.07) is 13.7. The third-order valence-electron chi connectivity index (χ3n) is 3.45. The van der Waals surface area contributed by atoms with Crippen LogP contribution in [0.1, 0.15) is 16.7 Å². The summed E-state index contributed by atoms with van der Waals surface area (Å²) in [6.07, 6.45) is 0. The molecule has 2 aromatic rings. The highest BCUT2D eigenvalue weighted by Gasteiger charge is 2.09. The molecule has 0 saturated carbocycles. The fourth-order valence-electron chi connectivity index (χ4n) is 2.14. The molecule has 4 nitrogen and oxygen atoms in total. The molecule has 110 valence electrons. The van der Waals surface area contributed by atoms with E-state index in [2.05, 4.69) is 29.1 Å². The molecule has 0 aliphatic heterocycles. The zero-order valence-corrected chi connectivity index (χ0v) is 12.8. The SMILES string of the molecule is Cc1ccccc1CN(C)c1ccc(C(N)=NO)c(Cl)c1. The van der Waals surface area contributed by atoms with Gasteiger partial charge >= 0.3 is 0 Å². The number of rotatable bonds is 4. The van der Waals surface area contributed by atoms with Gasteiger partial charge < -0.3 is 15.8 Å². The van der Waals surface area contributed by atoms with Gasteiger partial charge in [0.25, 0.3) is 0 Å². The number of anilines is 1. The zero-order valence-electron chi connectivity index (χ0n) is 12.0. The van der Waals surface area contributed by atoms with Crippen molar-refractivity contribution in [1.82, 2.24) is 0 Å². The number of hydrogen-bond donors (Lipinski definition) is 2. The van der Waals surface area contributed by atoms with Gasteiger partial charge in [-0.2, -0.15) is 0 Å². The van der Waals surface area contributed by atoms with E-state index < -0.39 is 0 Å². The Bertz CT molecular complexity index is 670. The Balaban J connectivity index is 2.22. The van der Waals surface area contributed by atoms with Gasteiger partial charge in [0.1, 0.15) is 0 Å². The summed E-state index contributed by atoms with van der Waals surface area (Å²) in [7, 11) is 2.00. The van der Waals surface area contributed by atoms with E-state index in [0.717, 1.165) is 12.2 Å². The molecular weight excluding hydrogens is 286 g/mol. The van der Waals surface area contributed by atoms with Crippen molar-refractivity contribution in [2.75, 3.05) is 11.9 Å². The first kappa shape index (κ1) is 15.2. The molecule has 0 amide bonds. The molecule has 21 heavy (non-hydrogen) atoms. The van der Waals surface area contributed by atoms with E-state index in [1.54, 1.807) is 6.07 Å². The highest BCUT2D eigenvalue weighted by molar-refractivity contribution is 6.34. The summed E-state index contributed by atoms with van der Waals surface area (Å²) in [4.78, 5) is 2.10. The molecular formula is C16H18ClN3O. The maximum atomic E-state index is 8.71. The molecule has 0 fully saturated rings. The van der Waals surface area contributed by atoms with Crippen molar-refractivity contribution in [2.24, 2.45) is 10.9 Å². The van der Waals surface area contributed by atoms with Crippen LogP contribution in [0.15, 0.2) is 47.6 Å². The van der Waals surface area contributed by atoms with Crippen LogP contribution in [-0.2, 0) is 6.54 Å². The van der Waals surface area contributed by atoms with Crippen LogP contribution in [0.2, 0.25) is 5.02 Å². The number of oxime groups is 1. The molecule has 0 spiro atoms. The van der Waals surface area contributed by atoms with Gasteiger partial charge in [0, 0.05) is 24.8 Å². The molecule has 0 radical (unpaired) electrons. The second-order valence-corrected chi connectivity index (χ2v) is 5.34. The Labute approximate surface area is 129 Å². The van der Waals surface area contributed by atoms with Crippen LogP contribution in [0, 0.1) is 6.92 Å². The molecule has 3 N–H and O–H groups in total. The van der Waals surface area contributed by atoms with Crippen LogP contribution in [0.3, 0.4) is 0 Å². The minimum absolute atomic E-state index is 0.00751. The van der Waals surface area contributed by atoms with Crippen molar-refractivity contribution in [3.05, 3.63) is 64.2 Å². The zero-order chi connectivity index (χ0) is 15.4. The fraction of sp³-hybridized carbons (Fsp3) is 0.188. The predicted octanol–water partition coefficient (Wildman–Crippen LogP) is 3.38. The van der Waals surface area contributed by atoms with Crippen molar-refractivity contribution in [3.63, 3.8) is 0 Å². The predicted molar refractivity (Wildman–Crippen MR) is 87.2 cm³/mol. The maximum Gasteiger partial charge on any atom is 0.171 e. The average Bonchev–Trinajstić information content (AvgIpc) is 2.48. The lowest BCUT2D eigenvalue weighted by Gasteiger charge is -2.21. The molecule has 0 bridgehead atoms. The first-order valence-electron chi connectivity index (χ1n) is 6.56. The lowest BCUT2D eigenvalue weighted by molar-refractivity contribution is 0.318. The van der Waals surface area contributed by atoms with Crippen molar-refractivity contribution in [3.8, 4) is 0 Å². The van der Waals surface area contributed by atoms with E-state index in [1.807, 2.05) is 31.3 Å². The number of benzene rings is 2. The van der Waals surface area contributed by atoms with E-state index in [9.17, 15) is 0 Å². The largest absolute Gasteiger partial charge is 0.409 e. The van der Waals surface area contributed by atoms with E-state index in [1.165, 1.54) is 11.1 Å². The lowest BCUT2D eigenvalue weighted by atomic mass is 10.1. The van der Waals surface area contributed by atoms with Crippen LogP contribution in [0.25, 0.3) is 0 Å². The molecule has 0 aliphatic carbocycles. The van der Waals surface area contributed by atoms with Crippen LogP contribution in [0.5, 0.6) is 0 Å². The topological polar surface area (TPSA) is 61.8 Å². The monoisotopic (exact) mass is 303 g/mol. The Kier molecular flexibility index (Phi) is 4.70. The number of hydrogen-bond acceptors (Lipinski definition) is 3. The van der Waals surface area contributed by atoms with E-state index in [4.69, 9.17) is 22.5 Å². The summed E-state index contributed by atoms with van der Waals surface area (Å²) in [5, 5.41) is 12.1. The second-order valence-electron chi connectivity index (χ2n) is 4.93. The van der Waals surface area contributed by atoms with Gasteiger partial charge in [-0.25, -0.2) is 0 Å². The lowest BCUT2D eigenvalue weighted by Crippen LogP contribution is -2.18. The van der Waals surface area contributed by atoms with Crippen molar-refractivity contribution in [1.29, 1.82) is 0 Å². The Hall–Kier alpha value is -2.20. The van der Waals surface area contributed by atoms with Gasteiger partial charge in [-0.3, -0.25) is 0 Å². The first-order valence-corrected chi connectivity index (χ1v) is 6.94. The number of nitrogens with two attached hydrogens (primary N) is 1. The molecule has 0 aliphatic rings. The summed E-state index contributed by atoms with van der Waals surface area (Å²) >= 11 is 6.18. The maximum absolute atomic E-state index is 8.71. The normalized spacial score (nSPS) is 11.5. The van der Waals surface area contributed by atoms with Crippen LogP contribution >= 0.6 is 11.6 Å². The first-order chi connectivity index (χ1) is 10.0. The summed E-state index contributed by atoms with van der Waals surface area (Å²) in [5.41, 5.74) is 9.57. The van der Waals surface area contributed by atoms with E-state index in [-0.39, 0.29) is 5.84 Å². The molecule has 0 unspecified atom stereocenters. The molecule has 5 heteroatoms. The second kappa shape index (κ2) is 6.50. The van der Waals surface area contributed by atoms with Crippen molar-refractivity contribution in [2.45, 2.75) is 13.5 Å².